The van der Waals surface area contributed by atoms with Gasteiger partial charge < -0.3 is 10.4 Å². The molecule has 0 bridgehead atoms. The molecular weight excluding hydrogens is 302 g/mol. The average Bonchev–Trinajstić information content (AvgIpc) is 2.88. The Hall–Kier alpha value is -1.86. The van der Waals surface area contributed by atoms with Gasteiger partial charge in [0.15, 0.2) is 0 Å². The van der Waals surface area contributed by atoms with Gasteiger partial charge in [-0.2, -0.15) is 5.10 Å². The highest BCUT2D eigenvalue weighted by Gasteiger charge is 2.40. The van der Waals surface area contributed by atoms with Crippen LogP contribution < -0.4 is 5.32 Å². The minimum absolute atomic E-state index is 0.0126. The first-order chi connectivity index (χ1) is 10.6. The zero-order valence-corrected chi connectivity index (χ0v) is 13.7. The summed E-state index contributed by atoms with van der Waals surface area (Å²) in [7, 11) is 0. The molecule has 2 aromatic rings. The normalized spacial score (nSPS) is 16.1. The third kappa shape index (κ3) is 4.11. The van der Waals surface area contributed by atoms with E-state index in [0.717, 1.165) is 12.1 Å². The van der Waals surface area contributed by atoms with E-state index < -0.39 is 23.3 Å². The first-order valence-corrected chi connectivity index (χ1v) is 7.40. The summed E-state index contributed by atoms with van der Waals surface area (Å²) >= 11 is 0. The van der Waals surface area contributed by atoms with Gasteiger partial charge in [0.05, 0.1) is 6.54 Å². The van der Waals surface area contributed by atoms with Crippen LogP contribution in [0.5, 0.6) is 0 Å². The number of nitrogens with zero attached hydrogens (tertiary/aromatic N) is 3. The Morgan fingerprint density at radius 2 is 2.00 bits per heavy atom. The third-order valence-corrected chi connectivity index (χ3v) is 3.63. The topological polar surface area (TPSA) is 63.0 Å². The number of hydrogen-bond acceptors (Lipinski definition) is 4. The first-order valence-electron chi connectivity index (χ1n) is 7.40. The maximum absolute atomic E-state index is 14.3. The van der Waals surface area contributed by atoms with Crippen molar-refractivity contribution in [2.45, 2.75) is 51.4 Å². The van der Waals surface area contributed by atoms with Gasteiger partial charge in [-0.25, -0.2) is 18.4 Å². The Balaban J connectivity index is 2.45. The van der Waals surface area contributed by atoms with Crippen LogP contribution in [0.4, 0.5) is 8.78 Å². The SMILES string of the molecule is CC(NC(C)(C)C)C(O)(Cn1cncn1)c1ccc(F)cc1F. The van der Waals surface area contributed by atoms with E-state index >= 15 is 0 Å². The number of nitrogens with one attached hydrogen (secondary N) is 1. The van der Waals surface area contributed by atoms with Crippen LogP contribution in [0.1, 0.15) is 33.3 Å². The number of benzene rings is 1. The lowest BCUT2D eigenvalue weighted by atomic mass is 9.85. The van der Waals surface area contributed by atoms with E-state index in [2.05, 4.69) is 15.4 Å². The van der Waals surface area contributed by atoms with Crippen molar-refractivity contribution in [1.82, 2.24) is 20.1 Å². The molecule has 1 aromatic carbocycles. The maximum Gasteiger partial charge on any atom is 0.137 e. The van der Waals surface area contributed by atoms with Gasteiger partial charge in [0.1, 0.15) is 29.9 Å². The van der Waals surface area contributed by atoms with Crippen LogP contribution in [0.3, 0.4) is 0 Å². The highest BCUT2D eigenvalue weighted by Crippen LogP contribution is 2.30. The van der Waals surface area contributed by atoms with Gasteiger partial charge >= 0.3 is 0 Å². The van der Waals surface area contributed by atoms with Gasteiger partial charge in [0.2, 0.25) is 0 Å². The maximum atomic E-state index is 14.3. The van der Waals surface area contributed by atoms with Crippen LogP contribution in [0.15, 0.2) is 30.9 Å². The number of hydrogen-bond donors (Lipinski definition) is 2. The van der Waals surface area contributed by atoms with Crippen molar-refractivity contribution in [2.75, 3.05) is 0 Å². The summed E-state index contributed by atoms with van der Waals surface area (Å²) in [5.74, 6) is -1.49. The van der Waals surface area contributed by atoms with Gasteiger partial charge in [0, 0.05) is 23.2 Å². The lowest BCUT2D eigenvalue weighted by Gasteiger charge is -2.39. The van der Waals surface area contributed by atoms with Crippen LogP contribution in [-0.2, 0) is 12.1 Å². The molecule has 2 atom stereocenters. The lowest BCUT2D eigenvalue weighted by Crippen LogP contribution is -2.55. The Labute approximate surface area is 134 Å². The van der Waals surface area contributed by atoms with Crippen molar-refractivity contribution in [2.24, 2.45) is 0 Å². The Bertz CT molecular complexity index is 655. The monoisotopic (exact) mass is 324 g/mol. The summed E-state index contributed by atoms with van der Waals surface area (Å²) in [5, 5.41) is 18.5. The van der Waals surface area contributed by atoms with E-state index in [1.54, 1.807) is 6.92 Å². The number of halogens is 2. The van der Waals surface area contributed by atoms with Crippen LogP contribution >= 0.6 is 0 Å². The zero-order chi connectivity index (χ0) is 17.3. The Morgan fingerprint density at radius 3 is 2.52 bits per heavy atom. The van der Waals surface area contributed by atoms with E-state index in [1.165, 1.54) is 23.4 Å². The van der Waals surface area contributed by atoms with Crippen LogP contribution in [0.25, 0.3) is 0 Å². The summed E-state index contributed by atoms with van der Waals surface area (Å²) < 4.78 is 28.9. The minimum Gasteiger partial charge on any atom is -0.381 e. The van der Waals surface area contributed by atoms with Crippen molar-refractivity contribution in [1.29, 1.82) is 0 Å². The second-order valence-corrected chi connectivity index (χ2v) is 6.76. The molecule has 7 heteroatoms. The average molecular weight is 324 g/mol. The summed E-state index contributed by atoms with van der Waals surface area (Å²) in [6.07, 6.45) is 2.78. The van der Waals surface area contributed by atoms with E-state index in [4.69, 9.17) is 0 Å². The number of aromatic nitrogens is 3. The molecule has 0 aliphatic heterocycles. The number of rotatable bonds is 5. The van der Waals surface area contributed by atoms with Gasteiger partial charge in [-0.15, -0.1) is 0 Å². The molecule has 0 amide bonds. The standard InChI is InChI=1S/C16H22F2N4O/c1-11(21-15(2,3)4)16(23,8-22-10-19-9-20-22)13-6-5-12(17)7-14(13)18/h5-7,9-11,21,23H,8H2,1-4H3. The predicted octanol–water partition coefficient (Wildman–Crippen LogP) is 2.22. The fourth-order valence-electron chi connectivity index (χ4n) is 2.63. The van der Waals surface area contributed by atoms with Crippen LogP contribution in [0, 0.1) is 11.6 Å². The van der Waals surface area contributed by atoms with Crippen LogP contribution in [0.2, 0.25) is 0 Å². The molecule has 0 spiro atoms. The second-order valence-electron chi connectivity index (χ2n) is 6.76. The van der Waals surface area contributed by atoms with E-state index in [-0.39, 0.29) is 17.6 Å². The summed E-state index contributed by atoms with van der Waals surface area (Å²) in [4.78, 5) is 3.84. The molecule has 23 heavy (non-hydrogen) atoms. The minimum atomic E-state index is -1.63. The molecule has 126 valence electrons. The second kappa shape index (κ2) is 6.33. The van der Waals surface area contributed by atoms with Gasteiger partial charge in [-0.1, -0.05) is 6.07 Å². The summed E-state index contributed by atoms with van der Waals surface area (Å²) in [6.45, 7) is 7.58. The van der Waals surface area contributed by atoms with E-state index in [9.17, 15) is 13.9 Å². The zero-order valence-electron chi connectivity index (χ0n) is 13.7. The van der Waals surface area contributed by atoms with Gasteiger partial charge in [0.25, 0.3) is 0 Å². The predicted molar refractivity (Wildman–Crippen MR) is 82.6 cm³/mol. The lowest BCUT2D eigenvalue weighted by molar-refractivity contribution is -0.0269. The third-order valence-electron chi connectivity index (χ3n) is 3.63. The molecule has 2 rings (SSSR count). The number of aliphatic hydroxyl groups is 1. The largest absolute Gasteiger partial charge is 0.381 e. The highest BCUT2D eigenvalue weighted by atomic mass is 19.1. The fraction of sp³-hybridized carbons (Fsp3) is 0.500. The molecule has 0 fully saturated rings. The quantitative estimate of drug-likeness (QED) is 0.885. The van der Waals surface area contributed by atoms with E-state index in [0.29, 0.717) is 0 Å². The van der Waals surface area contributed by atoms with Crippen molar-refractivity contribution < 1.29 is 13.9 Å². The molecule has 1 aromatic heterocycles. The van der Waals surface area contributed by atoms with E-state index in [1.807, 2.05) is 20.8 Å². The molecule has 0 aliphatic carbocycles. The molecule has 0 radical (unpaired) electrons. The smallest absolute Gasteiger partial charge is 0.137 e. The summed E-state index contributed by atoms with van der Waals surface area (Å²) in [6, 6.07) is 2.65. The molecule has 0 aliphatic rings. The van der Waals surface area contributed by atoms with Crippen LogP contribution in [-0.4, -0.2) is 31.5 Å². The van der Waals surface area contributed by atoms with Crippen molar-refractivity contribution in [3.8, 4) is 0 Å². The summed E-state index contributed by atoms with van der Waals surface area (Å²) in [5.41, 5.74) is -1.91. The van der Waals surface area contributed by atoms with Crippen molar-refractivity contribution >= 4 is 0 Å². The van der Waals surface area contributed by atoms with Gasteiger partial charge in [-0.05, 0) is 33.8 Å². The molecule has 5 nitrogen and oxygen atoms in total. The highest BCUT2D eigenvalue weighted by molar-refractivity contribution is 5.27. The molecule has 2 unspecified atom stereocenters. The van der Waals surface area contributed by atoms with Crippen molar-refractivity contribution in [3.05, 3.63) is 48.1 Å². The Kier molecular flexibility index (Phi) is 4.81. The molecule has 1 heterocycles. The van der Waals surface area contributed by atoms with Gasteiger partial charge in [-0.3, -0.25) is 0 Å². The molecule has 0 saturated heterocycles. The molecule has 0 saturated carbocycles. The molecular formula is C16H22F2N4O. The van der Waals surface area contributed by atoms with Crippen molar-refractivity contribution in [3.63, 3.8) is 0 Å². The fourth-order valence-corrected chi connectivity index (χ4v) is 2.63. The Morgan fingerprint density at radius 1 is 1.30 bits per heavy atom. The first kappa shape index (κ1) is 17.5. The molecule has 2 N–H and O–H groups in total.